The van der Waals surface area contributed by atoms with Gasteiger partial charge in [-0.1, -0.05) is 37.1 Å². The molecule has 4 aliphatic carbocycles. The van der Waals surface area contributed by atoms with Crippen molar-refractivity contribution in [1.29, 1.82) is 0 Å². The second-order valence-electron chi connectivity index (χ2n) is 11.3. The van der Waals surface area contributed by atoms with Gasteiger partial charge in [-0.3, -0.25) is 14.2 Å². The minimum atomic E-state index is -0.189. The number of imidazole rings is 1. The van der Waals surface area contributed by atoms with Gasteiger partial charge < -0.3 is 4.74 Å². The van der Waals surface area contributed by atoms with Gasteiger partial charge in [-0.15, -0.1) is 0 Å². The summed E-state index contributed by atoms with van der Waals surface area (Å²) in [5.41, 5.74) is 4.57. The lowest BCUT2D eigenvalue weighted by Crippen LogP contribution is -2.50. The standard InChI is InChI=1S/C27H31ClN4O3/c1-15(34)35-18-6-8-26(2)17(11-18)4-5-19-20(26)7-9-27(3)21(19)10-16(12-33)23(27)32-14-31-22-24(28)29-13-30-25(22)32/h4,12-14,18-21H,5-11H2,1-3H3/t18-,19+,20-,21-,26-,27-/m0/s1. The predicted molar refractivity (Wildman–Crippen MR) is 132 cm³/mol. The van der Waals surface area contributed by atoms with Crippen molar-refractivity contribution in [3.8, 4) is 0 Å². The molecule has 0 radical (unpaired) electrons. The molecule has 2 fully saturated rings. The Morgan fingerprint density at radius 1 is 1.14 bits per heavy atom. The fourth-order valence-electron chi connectivity index (χ4n) is 8.16. The van der Waals surface area contributed by atoms with Crippen LogP contribution in [-0.4, -0.2) is 37.9 Å². The molecule has 2 saturated carbocycles. The van der Waals surface area contributed by atoms with E-state index in [9.17, 15) is 9.59 Å². The lowest BCUT2D eigenvalue weighted by atomic mass is 9.47. The molecule has 0 unspecified atom stereocenters. The fraction of sp³-hybridized carbons (Fsp3) is 0.593. The Morgan fingerprint density at radius 3 is 2.71 bits per heavy atom. The van der Waals surface area contributed by atoms with Crippen molar-refractivity contribution in [2.24, 2.45) is 28.6 Å². The number of allylic oxidation sites excluding steroid dienone is 3. The third-order valence-electron chi connectivity index (χ3n) is 9.74. The zero-order valence-corrected chi connectivity index (χ0v) is 21.2. The molecule has 2 aromatic rings. The number of fused-ring (bicyclic) bond motifs is 6. The first-order valence-corrected chi connectivity index (χ1v) is 13.0. The third kappa shape index (κ3) is 3.26. The van der Waals surface area contributed by atoms with E-state index in [0.717, 1.165) is 62.5 Å². The average Bonchev–Trinajstić information content (AvgIpc) is 3.37. The van der Waals surface area contributed by atoms with E-state index in [-0.39, 0.29) is 22.9 Å². The highest BCUT2D eigenvalue weighted by Crippen LogP contribution is 2.66. The highest BCUT2D eigenvalue weighted by atomic mass is 35.5. The summed E-state index contributed by atoms with van der Waals surface area (Å²) in [6.07, 6.45) is 13.4. The molecule has 184 valence electrons. The van der Waals surface area contributed by atoms with Crippen molar-refractivity contribution < 1.29 is 14.3 Å². The summed E-state index contributed by atoms with van der Waals surface area (Å²) >= 11 is 6.28. The quantitative estimate of drug-likeness (QED) is 0.246. The largest absolute Gasteiger partial charge is 0.462 e. The van der Waals surface area contributed by atoms with Crippen LogP contribution in [0.1, 0.15) is 65.7 Å². The number of rotatable bonds is 3. The number of hydrogen-bond acceptors (Lipinski definition) is 6. The number of nitrogens with zero attached hydrogens (tertiary/aromatic N) is 4. The number of ether oxygens (including phenoxy) is 1. The van der Waals surface area contributed by atoms with Crippen LogP contribution in [0.25, 0.3) is 16.9 Å². The van der Waals surface area contributed by atoms with Gasteiger partial charge in [-0.05, 0) is 61.7 Å². The van der Waals surface area contributed by atoms with Gasteiger partial charge in [0.2, 0.25) is 0 Å². The monoisotopic (exact) mass is 494 g/mol. The molecule has 0 bridgehead atoms. The maximum absolute atomic E-state index is 12.4. The lowest BCUT2D eigenvalue weighted by Gasteiger charge is -2.57. The molecule has 2 heterocycles. The number of esters is 1. The van der Waals surface area contributed by atoms with Crippen LogP contribution >= 0.6 is 11.6 Å². The van der Waals surface area contributed by atoms with E-state index >= 15 is 0 Å². The van der Waals surface area contributed by atoms with Gasteiger partial charge in [0.05, 0.1) is 0 Å². The van der Waals surface area contributed by atoms with Crippen LogP contribution in [0.2, 0.25) is 5.15 Å². The zero-order chi connectivity index (χ0) is 24.5. The predicted octanol–water partition coefficient (Wildman–Crippen LogP) is 5.39. The van der Waals surface area contributed by atoms with Gasteiger partial charge in [-0.25, -0.2) is 15.0 Å². The van der Waals surface area contributed by atoms with Crippen LogP contribution in [-0.2, 0) is 14.3 Å². The summed E-state index contributed by atoms with van der Waals surface area (Å²) in [5, 5.41) is 0.327. The van der Waals surface area contributed by atoms with Crippen LogP contribution in [0.15, 0.2) is 29.9 Å². The second kappa shape index (κ2) is 7.99. The van der Waals surface area contributed by atoms with Gasteiger partial charge in [0, 0.05) is 30.0 Å². The SMILES string of the molecule is CC(=O)O[C@H]1CC[C@@]2(C)C(=CC[C@@H]3[C@@H]2CC[C@]2(C)C(n4cnc5c(Cl)ncnc54)=C(C=O)C[C@@H]32)C1. The van der Waals surface area contributed by atoms with Gasteiger partial charge in [0.15, 0.2) is 10.8 Å². The molecule has 2 aromatic heterocycles. The highest BCUT2D eigenvalue weighted by Gasteiger charge is 2.58. The third-order valence-corrected chi connectivity index (χ3v) is 10.0. The summed E-state index contributed by atoms with van der Waals surface area (Å²) in [6, 6.07) is 0. The molecule has 0 aromatic carbocycles. The number of carbonyl (C=O) groups excluding carboxylic acids is 2. The summed E-state index contributed by atoms with van der Waals surface area (Å²) in [6.45, 7) is 6.25. The molecule has 0 aliphatic heterocycles. The first kappa shape index (κ1) is 22.9. The van der Waals surface area contributed by atoms with Gasteiger partial charge in [-0.2, -0.15) is 0 Å². The first-order valence-electron chi connectivity index (χ1n) is 12.7. The Hall–Kier alpha value is -2.54. The van der Waals surface area contributed by atoms with Crippen molar-refractivity contribution in [2.45, 2.75) is 71.8 Å². The normalized spacial score (nSPS) is 36.3. The van der Waals surface area contributed by atoms with Crippen LogP contribution < -0.4 is 0 Å². The second-order valence-corrected chi connectivity index (χ2v) is 11.7. The van der Waals surface area contributed by atoms with Crippen LogP contribution in [0.4, 0.5) is 0 Å². The van der Waals surface area contributed by atoms with Gasteiger partial charge in [0.25, 0.3) is 0 Å². The maximum Gasteiger partial charge on any atom is 0.302 e. The van der Waals surface area contributed by atoms with E-state index in [2.05, 4.69) is 34.9 Å². The molecule has 0 N–H and O–H groups in total. The molecule has 7 nitrogen and oxygen atoms in total. The summed E-state index contributed by atoms with van der Waals surface area (Å²) < 4.78 is 7.57. The summed E-state index contributed by atoms with van der Waals surface area (Å²) in [4.78, 5) is 36.9. The van der Waals surface area contributed by atoms with E-state index in [1.165, 1.54) is 18.8 Å². The fourth-order valence-corrected chi connectivity index (χ4v) is 8.33. The maximum atomic E-state index is 12.4. The lowest BCUT2D eigenvalue weighted by molar-refractivity contribution is -0.148. The molecule has 6 rings (SSSR count). The van der Waals surface area contributed by atoms with E-state index in [1.54, 1.807) is 6.33 Å². The Bertz CT molecular complexity index is 1300. The number of aromatic nitrogens is 4. The molecule has 6 atom stereocenters. The van der Waals surface area contributed by atoms with E-state index in [0.29, 0.717) is 34.1 Å². The molecule has 8 heteroatoms. The average molecular weight is 495 g/mol. The molecule has 35 heavy (non-hydrogen) atoms. The number of carbonyl (C=O) groups is 2. The van der Waals surface area contributed by atoms with Crippen molar-refractivity contribution in [3.63, 3.8) is 0 Å². The van der Waals surface area contributed by atoms with Gasteiger partial charge >= 0.3 is 5.97 Å². The first-order chi connectivity index (χ1) is 16.8. The van der Waals surface area contributed by atoms with Gasteiger partial charge in [0.1, 0.15) is 30.6 Å². The molecule has 0 saturated heterocycles. The van der Waals surface area contributed by atoms with Crippen LogP contribution in [0.5, 0.6) is 0 Å². The Labute approximate surface area is 210 Å². The highest BCUT2D eigenvalue weighted by molar-refractivity contribution is 6.33. The summed E-state index contributed by atoms with van der Waals surface area (Å²) in [5.74, 6) is 1.27. The molecule has 0 spiro atoms. The van der Waals surface area contributed by atoms with Crippen LogP contribution in [0, 0.1) is 28.6 Å². The van der Waals surface area contributed by atoms with Crippen LogP contribution in [0.3, 0.4) is 0 Å². The smallest absolute Gasteiger partial charge is 0.302 e. The van der Waals surface area contributed by atoms with E-state index in [4.69, 9.17) is 16.3 Å². The van der Waals surface area contributed by atoms with E-state index in [1.807, 2.05) is 4.57 Å². The Balaban J connectivity index is 1.36. The molecular weight excluding hydrogens is 464 g/mol. The number of aldehydes is 1. The number of halogens is 1. The van der Waals surface area contributed by atoms with E-state index < -0.39 is 0 Å². The topological polar surface area (TPSA) is 87.0 Å². The minimum Gasteiger partial charge on any atom is -0.462 e. The Morgan fingerprint density at radius 2 is 1.94 bits per heavy atom. The van der Waals surface area contributed by atoms with Crippen molar-refractivity contribution >= 4 is 40.7 Å². The summed E-state index contributed by atoms with van der Waals surface area (Å²) in [7, 11) is 0. The van der Waals surface area contributed by atoms with Crippen molar-refractivity contribution in [3.05, 3.63) is 35.0 Å². The minimum absolute atomic E-state index is 0.00184. The Kier molecular flexibility index (Phi) is 5.22. The zero-order valence-electron chi connectivity index (χ0n) is 20.5. The van der Waals surface area contributed by atoms with Crippen molar-refractivity contribution in [1.82, 2.24) is 19.5 Å². The molecular formula is C27H31ClN4O3. The molecule has 4 aliphatic rings. The number of hydrogen-bond donors (Lipinski definition) is 0. The van der Waals surface area contributed by atoms with Crippen molar-refractivity contribution in [2.75, 3.05) is 0 Å². The molecule has 0 amide bonds.